The molecule has 0 spiro atoms. The summed E-state index contributed by atoms with van der Waals surface area (Å²) >= 11 is 0. The van der Waals surface area contributed by atoms with Gasteiger partial charge in [-0.2, -0.15) is 0 Å². The van der Waals surface area contributed by atoms with Crippen LogP contribution >= 0.6 is 0 Å². The highest BCUT2D eigenvalue weighted by Gasteiger charge is 2.04. The molecule has 1 atom stereocenters. The molecule has 0 aromatic carbocycles. The Labute approximate surface area is 60.4 Å². The van der Waals surface area contributed by atoms with Gasteiger partial charge in [0, 0.05) is 20.1 Å². The van der Waals surface area contributed by atoms with E-state index in [-0.39, 0.29) is 19.8 Å². The van der Waals surface area contributed by atoms with Gasteiger partial charge < -0.3 is 19.7 Å². The predicted molar refractivity (Wildman–Crippen MR) is 35.5 cm³/mol. The van der Waals surface area contributed by atoms with Crippen LogP contribution in [0.4, 0.5) is 0 Å². The van der Waals surface area contributed by atoms with Gasteiger partial charge in [-0.25, -0.2) is 0 Å². The molecule has 62 valence electrons. The molecular formula is C6H14O4. The predicted octanol–water partition coefficient (Wildman–Crippen LogP) is -0.650. The first-order valence-electron chi connectivity index (χ1n) is 3.21. The second-order valence-electron chi connectivity index (χ2n) is 1.77. The summed E-state index contributed by atoms with van der Waals surface area (Å²) in [6.45, 7) is 0.258. The maximum Gasteiger partial charge on any atom is 0.159 e. The highest BCUT2D eigenvalue weighted by Crippen LogP contribution is 1.96. The van der Waals surface area contributed by atoms with E-state index in [9.17, 15) is 0 Å². The van der Waals surface area contributed by atoms with Gasteiger partial charge in [0.2, 0.25) is 0 Å². The minimum absolute atomic E-state index is 0.0225. The van der Waals surface area contributed by atoms with E-state index in [4.69, 9.17) is 19.7 Å². The molecule has 0 amide bonds. The molecule has 0 rings (SSSR count). The van der Waals surface area contributed by atoms with Crippen molar-refractivity contribution in [2.75, 3.05) is 26.9 Å². The Hall–Kier alpha value is -0.160. The molecule has 0 aromatic heterocycles. The summed E-state index contributed by atoms with van der Waals surface area (Å²) < 4.78 is 9.75. The van der Waals surface area contributed by atoms with Crippen molar-refractivity contribution in [3.63, 3.8) is 0 Å². The monoisotopic (exact) mass is 150 g/mol. The summed E-state index contributed by atoms with van der Waals surface area (Å²) in [5.74, 6) is 0. The lowest BCUT2D eigenvalue weighted by atomic mass is 10.4. The van der Waals surface area contributed by atoms with E-state index in [1.165, 1.54) is 7.11 Å². The largest absolute Gasteiger partial charge is 0.396 e. The van der Waals surface area contributed by atoms with Crippen LogP contribution in [-0.2, 0) is 9.47 Å². The fraction of sp³-hybridized carbons (Fsp3) is 1.00. The fourth-order valence-corrected chi connectivity index (χ4v) is 0.559. The van der Waals surface area contributed by atoms with E-state index < -0.39 is 6.29 Å². The molecule has 0 radical (unpaired) electrons. The third kappa shape index (κ3) is 4.69. The average molecular weight is 150 g/mol. The zero-order valence-electron chi connectivity index (χ0n) is 6.12. The molecular weight excluding hydrogens is 136 g/mol. The Bertz CT molecular complexity index is 66.8. The standard InChI is InChI=1S/C6H14O4/c1-9-6(2-3-7)10-5-4-8/h6-8H,2-5H2,1H3/t6-/m1/s1. The number of hydrogen-bond acceptors (Lipinski definition) is 4. The first-order valence-corrected chi connectivity index (χ1v) is 3.21. The van der Waals surface area contributed by atoms with Gasteiger partial charge in [0.1, 0.15) is 0 Å². The molecule has 0 saturated carbocycles. The van der Waals surface area contributed by atoms with Crippen LogP contribution in [0.1, 0.15) is 6.42 Å². The molecule has 0 aromatic rings. The van der Waals surface area contributed by atoms with Gasteiger partial charge >= 0.3 is 0 Å². The van der Waals surface area contributed by atoms with Gasteiger partial charge in [-0.1, -0.05) is 0 Å². The Morgan fingerprint density at radius 2 is 2.00 bits per heavy atom. The fourth-order valence-electron chi connectivity index (χ4n) is 0.559. The summed E-state index contributed by atoms with van der Waals surface area (Å²) in [4.78, 5) is 0. The van der Waals surface area contributed by atoms with E-state index in [0.717, 1.165) is 0 Å². The summed E-state index contributed by atoms with van der Waals surface area (Å²) in [5.41, 5.74) is 0. The van der Waals surface area contributed by atoms with Crippen molar-refractivity contribution >= 4 is 0 Å². The first kappa shape index (κ1) is 9.84. The zero-order valence-corrected chi connectivity index (χ0v) is 6.12. The first-order chi connectivity index (χ1) is 4.85. The highest BCUT2D eigenvalue weighted by atomic mass is 16.7. The number of aliphatic hydroxyl groups is 2. The molecule has 4 nitrogen and oxygen atoms in total. The van der Waals surface area contributed by atoms with E-state index >= 15 is 0 Å². The van der Waals surface area contributed by atoms with Crippen LogP contribution in [0.25, 0.3) is 0 Å². The topological polar surface area (TPSA) is 58.9 Å². The summed E-state index contributed by atoms with van der Waals surface area (Å²) in [6, 6.07) is 0. The van der Waals surface area contributed by atoms with Crippen LogP contribution in [0.5, 0.6) is 0 Å². The lowest BCUT2D eigenvalue weighted by Crippen LogP contribution is -2.18. The van der Waals surface area contributed by atoms with Gasteiger partial charge in [0.15, 0.2) is 6.29 Å². The van der Waals surface area contributed by atoms with Crippen molar-refractivity contribution in [3.05, 3.63) is 0 Å². The lowest BCUT2D eigenvalue weighted by molar-refractivity contribution is -0.137. The minimum Gasteiger partial charge on any atom is -0.396 e. The Morgan fingerprint density at radius 3 is 2.40 bits per heavy atom. The SMILES string of the molecule is CO[C@@H](CCO)OCCO. The molecule has 0 bridgehead atoms. The van der Waals surface area contributed by atoms with Crippen LogP contribution in [0.15, 0.2) is 0 Å². The Kier molecular flexibility index (Phi) is 6.84. The van der Waals surface area contributed by atoms with Gasteiger partial charge in [-0.05, 0) is 0 Å². The van der Waals surface area contributed by atoms with Crippen molar-refractivity contribution < 1.29 is 19.7 Å². The molecule has 0 aliphatic carbocycles. The van der Waals surface area contributed by atoms with Gasteiger partial charge in [0.25, 0.3) is 0 Å². The number of rotatable bonds is 6. The van der Waals surface area contributed by atoms with Crippen molar-refractivity contribution in [2.24, 2.45) is 0 Å². The molecule has 0 saturated heterocycles. The maximum atomic E-state index is 8.44. The van der Waals surface area contributed by atoms with Gasteiger partial charge in [0.05, 0.1) is 13.2 Å². The Morgan fingerprint density at radius 1 is 1.30 bits per heavy atom. The smallest absolute Gasteiger partial charge is 0.159 e. The number of hydrogen-bond donors (Lipinski definition) is 2. The van der Waals surface area contributed by atoms with Crippen molar-refractivity contribution in [1.29, 1.82) is 0 Å². The summed E-state index contributed by atoms with van der Waals surface area (Å²) in [6.07, 6.45) is 0.0494. The molecule has 0 unspecified atom stereocenters. The van der Waals surface area contributed by atoms with Crippen molar-refractivity contribution in [3.8, 4) is 0 Å². The van der Waals surface area contributed by atoms with Crippen LogP contribution in [0, 0.1) is 0 Å². The second-order valence-corrected chi connectivity index (χ2v) is 1.77. The van der Waals surface area contributed by atoms with Gasteiger partial charge in [-0.15, -0.1) is 0 Å². The summed E-state index contributed by atoms with van der Waals surface area (Å²) in [5, 5.41) is 16.8. The summed E-state index contributed by atoms with van der Waals surface area (Å²) in [7, 11) is 1.50. The molecule has 10 heavy (non-hydrogen) atoms. The third-order valence-corrected chi connectivity index (χ3v) is 1.02. The molecule has 0 aliphatic rings. The second kappa shape index (κ2) is 6.95. The number of aliphatic hydroxyl groups excluding tert-OH is 2. The molecule has 0 heterocycles. The molecule has 4 heteroatoms. The van der Waals surface area contributed by atoms with Crippen LogP contribution in [0.3, 0.4) is 0 Å². The van der Waals surface area contributed by atoms with Crippen molar-refractivity contribution in [1.82, 2.24) is 0 Å². The van der Waals surface area contributed by atoms with E-state index in [2.05, 4.69) is 0 Å². The molecule has 2 N–H and O–H groups in total. The zero-order chi connectivity index (χ0) is 7.82. The van der Waals surface area contributed by atoms with Crippen LogP contribution < -0.4 is 0 Å². The minimum atomic E-state index is -0.392. The highest BCUT2D eigenvalue weighted by molar-refractivity contribution is 4.41. The molecule has 0 aliphatic heterocycles. The van der Waals surface area contributed by atoms with Gasteiger partial charge in [-0.3, -0.25) is 0 Å². The van der Waals surface area contributed by atoms with E-state index in [1.807, 2.05) is 0 Å². The quantitative estimate of drug-likeness (QED) is 0.494. The lowest BCUT2D eigenvalue weighted by Gasteiger charge is -2.13. The molecule has 0 fully saturated rings. The number of methoxy groups -OCH3 is 1. The van der Waals surface area contributed by atoms with E-state index in [0.29, 0.717) is 6.42 Å². The van der Waals surface area contributed by atoms with Crippen molar-refractivity contribution in [2.45, 2.75) is 12.7 Å². The Balaban J connectivity index is 3.21. The van der Waals surface area contributed by atoms with E-state index in [1.54, 1.807) is 0 Å². The normalized spacial score (nSPS) is 13.5. The third-order valence-electron chi connectivity index (χ3n) is 1.02. The van der Waals surface area contributed by atoms with Crippen LogP contribution in [-0.4, -0.2) is 43.4 Å². The number of ether oxygens (including phenoxy) is 2. The van der Waals surface area contributed by atoms with Crippen LogP contribution in [0.2, 0.25) is 0 Å². The maximum absolute atomic E-state index is 8.44. The average Bonchev–Trinajstić information content (AvgIpc) is 1.98.